The molecule has 1 atom stereocenters. The van der Waals surface area contributed by atoms with Crippen molar-refractivity contribution in [2.75, 3.05) is 14.2 Å². The number of nitrogens with one attached hydrogen (secondary N) is 1. The van der Waals surface area contributed by atoms with E-state index in [2.05, 4.69) is 9.71 Å². The van der Waals surface area contributed by atoms with Crippen molar-refractivity contribution in [2.24, 2.45) is 7.05 Å². The molecule has 28 heavy (non-hydrogen) atoms. The molecule has 8 heteroatoms. The predicted molar refractivity (Wildman–Crippen MR) is 106 cm³/mol. The zero-order valence-corrected chi connectivity index (χ0v) is 17.0. The number of aromatic nitrogens is 2. The maximum Gasteiger partial charge on any atom is 0.241 e. The van der Waals surface area contributed by atoms with Gasteiger partial charge in [-0.05, 0) is 36.8 Å². The summed E-state index contributed by atoms with van der Waals surface area (Å²) in [6, 6.07) is 11.2. The predicted octanol–water partition coefficient (Wildman–Crippen LogP) is 2.81. The lowest BCUT2D eigenvalue weighted by Crippen LogP contribution is -2.31. The lowest BCUT2D eigenvalue weighted by atomic mass is 10.1. The lowest BCUT2D eigenvalue weighted by molar-refractivity contribution is 0.392. The van der Waals surface area contributed by atoms with Gasteiger partial charge in [-0.3, -0.25) is 0 Å². The van der Waals surface area contributed by atoms with Crippen LogP contribution >= 0.6 is 0 Å². The van der Waals surface area contributed by atoms with E-state index >= 15 is 0 Å². The fourth-order valence-corrected chi connectivity index (χ4v) is 4.04. The van der Waals surface area contributed by atoms with Crippen LogP contribution in [0.2, 0.25) is 0 Å². The van der Waals surface area contributed by atoms with Gasteiger partial charge in [0.15, 0.2) is 0 Å². The molecule has 0 spiro atoms. The third kappa shape index (κ3) is 4.18. The SMILES string of the molecule is COc1cc(OC)cc(C(NS(=O)(=O)c2ccc(C)cc2)c2nccn2C)c1. The number of benzene rings is 2. The van der Waals surface area contributed by atoms with Crippen molar-refractivity contribution in [3.05, 3.63) is 71.8 Å². The van der Waals surface area contributed by atoms with Gasteiger partial charge in [0, 0.05) is 25.5 Å². The molecule has 0 aliphatic rings. The van der Waals surface area contributed by atoms with Gasteiger partial charge in [0.1, 0.15) is 23.4 Å². The summed E-state index contributed by atoms with van der Waals surface area (Å²) in [7, 11) is 1.11. The molecule has 1 N–H and O–H groups in total. The van der Waals surface area contributed by atoms with E-state index in [4.69, 9.17) is 9.47 Å². The molecule has 3 aromatic rings. The molecule has 0 radical (unpaired) electrons. The van der Waals surface area contributed by atoms with Crippen molar-refractivity contribution in [1.82, 2.24) is 14.3 Å². The van der Waals surface area contributed by atoms with E-state index in [0.29, 0.717) is 22.9 Å². The van der Waals surface area contributed by atoms with E-state index < -0.39 is 16.1 Å². The van der Waals surface area contributed by atoms with Gasteiger partial charge >= 0.3 is 0 Å². The number of ether oxygens (including phenoxy) is 2. The third-order valence-electron chi connectivity index (χ3n) is 4.43. The third-order valence-corrected chi connectivity index (χ3v) is 5.87. The number of aryl methyl sites for hydroxylation is 2. The van der Waals surface area contributed by atoms with Gasteiger partial charge in [0.05, 0.1) is 19.1 Å². The summed E-state index contributed by atoms with van der Waals surface area (Å²) in [4.78, 5) is 4.54. The molecule has 0 saturated heterocycles. The molecule has 1 heterocycles. The number of hydrogen-bond acceptors (Lipinski definition) is 5. The van der Waals surface area contributed by atoms with Crippen molar-refractivity contribution in [2.45, 2.75) is 17.9 Å². The minimum atomic E-state index is -3.79. The van der Waals surface area contributed by atoms with Crippen LogP contribution in [0, 0.1) is 6.92 Å². The summed E-state index contributed by atoms with van der Waals surface area (Å²) in [6.45, 7) is 1.91. The fourth-order valence-electron chi connectivity index (χ4n) is 2.86. The first kappa shape index (κ1) is 19.9. The van der Waals surface area contributed by atoms with Crippen molar-refractivity contribution in [3.63, 3.8) is 0 Å². The molecule has 0 aliphatic heterocycles. The molecule has 2 aromatic carbocycles. The molecule has 7 nitrogen and oxygen atoms in total. The molecule has 3 rings (SSSR count). The second-order valence-electron chi connectivity index (χ2n) is 6.41. The van der Waals surface area contributed by atoms with Gasteiger partial charge in [-0.15, -0.1) is 0 Å². The van der Waals surface area contributed by atoms with E-state index in [0.717, 1.165) is 5.56 Å². The highest BCUT2D eigenvalue weighted by Crippen LogP contribution is 2.30. The van der Waals surface area contributed by atoms with Gasteiger partial charge < -0.3 is 14.0 Å². The van der Waals surface area contributed by atoms with E-state index in [1.807, 2.05) is 14.0 Å². The smallest absolute Gasteiger partial charge is 0.241 e. The largest absolute Gasteiger partial charge is 0.497 e. The fraction of sp³-hybridized carbons (Fsp3) is 0.250. The first-order valence-corrected chi connectivity index (χ1v) is 10.1. The molecular weight excluding hydrogens is 378 g/mol. The molecule has 0 aliphatic carbocycles. The number of methoxy groups -OCH3 is 2. The second kappa shape index (κ2) is 8.04. The van der Waals surface area contributed by atoms with Gasteiger partial charge in [-0.1, -0.05) is 17.7 Å². The van der Waals surface area contributed by atoms with Crippen LogP contribution in [0.25, 0.3) is 0 Å². The van der Waals surface area contributed by atoms with Crippen molar-refractivity contribution in [3.8, 4) is 11.5 Å². The first-order valence-electron chi connectivity index (χ1n) is 8.63. The van der Waals surface area contributed by atoms with Gasteiger partial charge in [-0.2, -0.15) is 4.72 Å². The maximum absolute atomic E-state index is 13.0. The number of nitrogens with zero attached hydrogens (tertiary/aromatic N) is 2. The number of rotatable bonds is 7. The standard InChI is InChI=1S/C20H23N3O4S/c1-14-5-7-18(8-6-14)28(24,25)22-19(20-21-9-10-23(20)2)15-11-16(26-3)13-17(12-15)27-4/h5-13,19,22H,1-4H3. The molecule has 0 amide bonds. The monoisotopic (exact) mass is 401 g/mol. The van der Waals surface area contributed by atoms with E-state index in [1.54, 1.807) is 73.6 Å². The van der Waals surface area contributed by atoms with Crippen molar-refractivity contribution < 1.29 is 17.9 Å². The highest BCUT2D eigenvalue weighted by atomic mass is 32.2. The average molecular weight is 401 g/mol. The zero-order valence-electron chi connectivity index (χ0n) is 16.2. The number of sulfonamides is 1. The van der Waals surface area contributed by atoms with Crippen LogP contribution in [-0.4, -0.2) is 32.2 Å². The van der Waals surface area contributed by atoms with E-state index in [9.17, 15) is 8.42 Å². The second-order valence-corrected chi connectivity index (χ2v) is 8.12. The Morgan fingerprint density at radius 2 is 1.64 bits per heavy atom. The van der Waals surface area contributed by atoms with Gasteiger partial charge in [0.25, 0.3) is 0 Å². The number of imidazole rings is 1. The van der Waals surface area contributed by atoms with Gasteiger partial charge in [0.2, 0.25) is 10.0 Å². The molecule has 1 unspecified atom stereocenters. The maximum atomic E-state index is 13.0. The molecule has 0 bridgehead atoms. The Morgan fingerprint density at radius 3 is 2.14 bits per heavy atom. The lowest BCUT2D eigenvalue weighted by Gasteiger charge is -2.20. The highest BCUT2D eigenvalue weighted by Gasteiger charge is 2.26. The normalized spacial score (nSPS) is 12.6. The molecule has 0 saturated carbocycles. The Labute approximate surface area is 165 Å². The van der Waals surface area contributed by atoms with Crippen LogP contribution in [0.5, 0.6) is 11.5 Å². The van der Waals surface area contributed by atoms with E-state index in [-0.39, 0.29) is 4.90 Å². The van der Waals surface area contributed by atoms with E-state index in [1.165, 1.54) is 0 Å². The summed E-state index contributed by atoms with van der Waals surface area (Å²) < 4.78 is 41.3. The summed E-state index contributed by atoms with van der Waals surface area (Å²) in [5, 5.41) is 0. The minimum Gasteiger partial charge on any atom is -0.497 e. The summed E-state index contributed by atoms with van der Waals surface area (Å²) >= 11 is 0. The van der Waals surface area contributed by atoms with Crippen molar-refractivity contribution in [1.29, 1.82) is 0 Å². The van der Waals surface area contributed by atoms with Crippen LogP contribution in [0.3, 0.4) is 0 Å². The quantitative estimate of drug-likeness (QED) is 0.658. The topological polar surface area (TPSA) is 82.4 Å². The van der Waals surface area contributed by atoms with Crippen molar-refractivity contribution >= 4 is 10.0 Å². The Bertz CT molecular complexity index is 1040. The molecule has 148 valence electrons. The Balaban J connectivity index is 2.09. The minimum absolute atomic E-state index is 0.187. The van der Waals surface area contributed by atoms with Gasteiger partial charge in [-0.25, -0.2) is 13.4 Å². The summed E-state index contributed by atoms with van der Waals surface area (Å²) in [6.07, 6.45) is 3.39. The average Bonchev–Trinajstić information content (AvgIpc) is 3.11. The highest BCUT2D eigenvalue weighted by molar-refractivity contribution is 7.89. The van der Waals surface area contributed by atoms with Crippen LogP contribution < -0.4 is 14.2 Å². The zero-order chi connectivity index (χ0) is 20.3. The van der Waals surface area contributed by atoms with Crippen LogP contribution in [-0.2, 0) is 17.1 Å². The number of hydrogen-bond donors (Lipinski definition) is 1. The molecule has 0 fully saturated rings. The molecule has 1 aromatic heterocycles. The summed E-state index contributed by atoms with van der Waals surface area (Å²) in [5.74, 6) is 1.66. The first-order chi connectivity index (χ1) is 13.3. The Hall–Kier alpha value is -2.84. The summed E-state index contributed by atoms with van der Waals surface area (Å²) in [5.41, 5.74) is 1.64. The molecular formula is C20H23N3O4S. The van der Waals surface area contributed by atoms with Crippen LogP contribution in [0.1, 0.15) is 23.0 Å². The Morgan fingerprint density at radius 1 is 1.04 bits per heavy atom. The van der Waals surface area contributed by atoms with Crippen LogP contribution in [0.15, 0.2) is 59.8 Å². The van der Waals surface area contributed by atoms with Crippen LogP contribution in [0.4, 0.5) is 0 Å². The Kier molecular flexibility index (Phi) is 5.71.